The number of halogens is 1. The molecule has 46 heavy (non-hydrogen) atoms. The summed E-state index contributed by atoms with van der Waals surface area (Å²) >= 11 is 0. The van der Waals surface area contributed by atoms with Gasteiger partial charge in [-0.05, 0) is 86.0 Å². The van der Waals surface area contributed by atoms with E-state index in [0.29, 0.717) is 44.3 Å². The fourth-order valence-electron chi connectivity index (χ4n) is 3.87. The summed E-state index contributed by atoms with van der Waals surface area (Å²) in [6, 6.07) is 29.2. The van der Waals surface area contributed by atoms with Crippen molar-refractivity contribution in [2.75, 3.05) is 50.2 Å². The number of pyridine rings is 1. The molecule has 0 radical (unpaired) electrons. The summed E-state index contributed by atoms with van der Waals surface area (Å²) in [5, 5.41) is 9.52. The fourth-order valence-corrected chi connectivity index (χ4v) is 3.87. The summed E-state index contributed by atoms with van der Waals surface area (Å²) in [4.78, 5) is 16.1. The van der Waals surface area contributed by atoms with Gasteiger partial charge in [0.25, 0.3) is 0 Å². The SMILES string of the molecule is CC.CCOCc1ccccc1.O=C(CCCCOCNc1ccc(Oc2ccc(F)cc2)cc1)CNCCNc1ccccn1.[HH]. The monoisotopic (exact) mass is 634 g/mol. The minimum atomic E-state index is -0.295. The number of carbonyl (C=O) groups is 1. The molecule has 1 heterocycles. The number of carbonyl (C=O) groups excluding carboxylic acids is 1. The molecule has 0 aliphatic carbocycles. The lowest BCUT2D eigenvalue weighted by molar-refractivity contribution is -0.118. The van der Waals surface area contributed by atoms with Gasteiger partial charge in [-0.25, -0.2) is 9.37 Å². The summed E-state index contributed by atoms with van der Waals surface area (Å²) in [6.45, 7) is 10.3. The van der Waals surface area contributed by atoms with Crippen molar-refractivity contribution in [1.82, 2.24) is 10.3 Å². The van der Waals surface area contributed by atoms with E-state index in [1.165, 1.54) is 17.7 Å². The Balaban J connectivity index is 0.000000720. The van der Waals surface area contributed by atoms with Crippen LogP contribution in [0.25, 0.3) is 0 Å². The van der Waals surface area contributed by atoms with Gasteiger partial charge in [0, 0.05) is 46.0 Å². The number of hydrogen-bond donors (Lipinski definition) is 3. The van der Waals surface area contributed by atoms with Crippen LogP contribution in [0.5, 0.6) is 11.5 Å². The molecule has 0 atom stereocenters. The lowest BCUT2D eigenvalue weighted by atomic mass is 10.2. The first-order chi connectivity index (χ1) is 22.6. The van der Waals surface area contributed by atoms with Crippen molar-refractivity contribution in [2.24, 2.45) is 0 Å². The normalized spacial score (nSPS) is 10.1. The van der Waals surface area contributed by atoms with E-state index in [2.05, 4.69) is 33.1 Å². The summed E-state index contributed by atoms with van der Waals surface area (Å²) in [5.41, 5.74) is 2.15. The number of nitrogens with zero attached hydrogens (tertiary/aromatic N) is 1. The number of anilines is 2. The highest BCUT2D eigenvalue weighted by Crippen LogP contribution is 2.23. The second-order valence-corrected chi connectivity index (χ2v) is 9.75. The Morgan fingerprint density at radius 3 is 2.17 bits per heavy atom. The average Bonchev–Trinajstić information content (AvgIpc) is 3.10. The van der Waals surface area contributed by atoms with Crippen molar-refractivity contribution in [3.63, 3.8) is 0 Å². The van der Waals surface area contributed by atoms with Crippen LogP contribution in [0.15, 0.2) is 103 Å². The highest BCUT2D eigenvalue weighted by Gasteiger charge is 2.02. The topological polar surface area (TPSA) is 93.7 Å². The summed E-state index contributed by atoms with van der Waals surface area (Å²) < 4.78 is 29.4. The van der Waals surface area contributed by atoms with Crippen molar-refractivity contribution in [3.8, 4) is 11.5 Å². The molecule has 250 valence electrons. The molecule has 0 aliphatic heterocycles. The zero-order valence-electron chi connectivity index (χ0n) is 27.3. The van der Waals surface area contributed by atoms with Gasteiger partial charge in [0.2, 0.25) is 0 Å². The van der Waals surface area contributed by atoms with Gasteiger partial charge in [-0.3, -0.25) is 4.79 Å². The minimum Gasteiger partial charge on any atom is -0.457 e. The van der Waals surface area contributed by atoms with E-state index in [9.17, 15) is 9.18 Å². The molecule has 1 aromatic heterocycles. The number of ether oxygens (including phenoxy) is 3. The Kier molecular flexibility index (Phi) is 20.5. The second kappa shape index (κ2) is 24.9. The van der Waals surface area contributed by atoms with Gasteiger partial charge in [0.15, 0.2) is 0 Å². The van der Waals surface area contributed by atoms with Crippen LogP contribution >= 0.6 is 0 Å². The van der Waals surface area contributed by atoms with Crippen LogP contribution in [-0.2, 0) is 20.9 Å². The highest BCUT2D eigenvalue weighted by molar-refractivity contribution is 5.80. The average molecular weight is 635 g/mol. The zero-order chi connectivity index (χ0) is 33.1. The lowest BCUT2D eigenvalue weighted by Crippen LogP contribution is -2.28. The van der Waals surface area contributed by atoms with E-state index in [0.717, 1.165) is 44.1 Å². The van der Waals surface area contributed by atoms with E-state index in [1.807, 2.05) is 81.4 Å². The quantitative estimate of drug-likeness (QED) is 0.0700. The molecule has 0 saturated carbocycles. The number of unbranched alkanes of at least 4 members (excludes halogenated alkanes) is 1. The van der Waals surface area contributed by atoms with Gasteiger partial charge in [0.1, 0.15) is 35.6 Å². The van der Waals surface area contributed by atoms with E-state index >= 15 is 0 Å². The maximum absolute atomic E-state index is 12.9. The number of Topliss-reactive ketones (excluding diaryl/α,β-unsaturated/α-hetero) is 1. The summed E-state index contributed by atoms with van der Waals surface area (Å²) in [7, 11) is 0. The van der Waals surface area contributed by atoms with E-state index in [4.69, 9.17) is 14.2 Å². The molecule has 0 saturated heterocycles. The van der Waals surface area contributed by atoms with Crippen molar-refractivity contribution < 1.29 is 24.8 Å². The van der Waals surface area contributed by atoms with Crippen LogP contribution in [0, 0.1) is 5.82 Å². The molecule has 4 rings (SSSR count). The summed E-state index contributed by atoms with van der Waals surface area (Å²) in [5.74, 6) is 1.99. The van der Waals surface area contributed by atoms with Gasteiger partial charge in [-0.1, -0.05) is 50.2 Å². The number of rotatable bonds is 19. The molecular formula is C37H51FN4O4. The Labute approximate surface area is 275 Å². The Hall–Kier alpha value is -4.31. The second-order valence-electron chi connectivity index (χ2n) is 9.75. The molecule has 4 aromatic rings. The number of aromatic nitrogens is 1. The van der Waals surface area contributed by atoms with Gasteiger partial charge in [-0.15, -0.1) is 0 Å². The van der Waals surface area contributed by atoms with Crippen molar-refractivity contribution >= 4 is 17.3 Å². The zero-order valence-corrected chi connectivity index (χ0v) is 27.3. The molecule has 0 amide bonds. The Morgan fingerprint density at radius 1 is 0.804 bits per heavy atom. The third-order valence-corrected chi connectivity index (χ3v) is 6.19. The van der Waals surface area contributed by atoms with Gasteiger partial charge >= 0.3 is 0 Å². The number of benzene rings is 3. The maximum Gasteiger partial charge on any atom is 0.146 e. The van der Waals surface area contributed by atoms with Crippen molar-refractivity contribution in [2.45, 2.75) is 46.6 Å². The third-order valence-electron chi connectivity index (χ3n) is 6.19. The number of nitrogens with one attached hydrogen (secondary N) is 3. The lowest BCUT2D eigenvalue weighted by Gasteiger charge is -2.09. The van der Waals surface area contributed by atoms with Crippen LogP contribution in [-0.4, -0.2) is 50.3 Å². The minimum absolute atomic E-state index is 0. The van der Waals surface area contributed by atoms with Crippen molar-refractivity contribution in [1.29, 1.82) is 0 Å². The molecule has 9 heteroatoms. The fraction of sp³-hybridized carbons (Fsp3) is 0.351. The molecule has 3 N–H and O–H groups in total. The first-order valence-corrected chi connectivity index (χ1v) is 16.0. The number of ketones is 1. The van der Waals surface area contributed by atoms with Gasteiger partial charge in [-0.2, -0.15) is 0 Å². The maximum atomic E-state index is 12.9. The molecule has 0 spiro atoms. The van der Waals surface area contributed by atoms with Crippen LogP contribution in [0.2, 0.25) is 0 Å². The summed E-state index contributed by atoms with van der Waals surface area (Å²) in [6.07, 6.45) is 3.93. The van der Waals surface area contributed by atoms with Crippen LogP contribution in [0.3, 0.4) is 0 Å². The van der Waals surface area contributed by atoms with Crippen LogP contribution < -0.4 is 20.7 Å². The molecular weight excluding hydrogens is 583 g/mol. The highest BCUT2D eigenvalue weighted by atomic mass is 19.1. The van der Waals surface area contributed by atoms with Crippen molar-refractivity contribution in [3.05, 3.63) is 115 Å². The standard InChI is InChI=1S/C26H31FN4O3.C9H12O.C2H6.H2/c27-21-7-11-24(12-8-21)34-25-13-9-22(10-14-25)31-20-33-18-4-2-5-23(32)19-28-16-17-30-26-6-1-3-15-29-26;1-2-10-8-9-6-4-3-5-7-9;1-2;/h1,3,6-15,28,31H,2,4-5,16-20H2,(H,29,30);3-7H,2,8H2,1H3;1-2H3;1H. The Morgan fingerprint density at radius 2 is 1.50 bits per heavy atom. The van der Waals surface area contributed by atoms with Gasteiger partial charge < -0.3 is 30.2 Å². The third kappa shape index (κ3) is 17.9. The predicted molar refractivity (Wildman–Crippen MR) is 187 cm³/mol. The smallest absolute Gasteiger partial charge is 0.146 e. The molecule has 0 unspecified atom stereocenters. The molecule has 0 fully saturated rings. The number of hydrogen-bond acceptors (Lipinski definition) is 8. The van der Waals surface area contributed by atoms with Crippen LogP contribution in [0.4, 0.5) is 15.9 Å². The predicted octanol–water partition coefficient (Wildman–Crippen LogP) is 8.34. The Bertz CT molecular complexity index is 1300. The van der Waals surface area contributed by atoms with E-state index in [1.54, 1.807) is 18.3 Å². The van der Waals surface area contributed by atoms with E-state index in [-0.39, 0.29) is 13.0 Å². The largest absolute Gasteiger partial charge is 0.457 e. The molecule has 0 bridgehead atoms. The van der Waals surface area contributed by atoms with E-state index < -0.39 is 0 Å². The van der Waals surface area contributed by atoms with Crippen LogP contribution in [0.1, 0.15) is 47.0 Å². The van der Waals surface area contributed by atoms with Gasteiger partial charge in [0.05, 0.1) is 13.2 Å². The molecule has 0 aliphatic rings. The first-order valence-electron chi connectivity index (χ1n) is 16.0. The molecule has 3 aromatic carbocycles. The first kappa shape index (κ1) is 37.9. The molecule has 8 nitrogen and oxygen atoms in total.